The standard InChI is InChI=1S/C16H10BrFO3/c17-13-6-5-10(18)7-16(13)21-9-14(19)12-8-20-15-4-2-1-3-11(12)15/h1-8H,9H2. The molecule has 0 bridgehead atoms. The molecule has 0 aliphatic heterocycles. The zero-order valence-corrected chi connectivity index (χ0v) is 12.4. The van der Waals surface area contributed by atoms with Crippen molar-refractivity contribution in [3.8, 4) is 5.75 Å². The Morgan fingerprint density at radius 1 is 1.24 bits per heavy atom. The lowest BCUT2D eigenvalue weighted by Crippen LogP contribution is -2.11. The first-order valence-corrected chi connectivity index (χ1v) is 7.02. The van der Waals surface area contributed by atoms with Gasteiger partial charge >= 0.3 is 0 Å². The number of carbonyl (C=O) groups is 1. The highest BCUT2D eigenvalue weighted by atomic mass is 79.9. The Labute approximate surface area is 128 Å². The molecule has 3 rings (SSSR count). The molecule has 1 heterocycles. The van der Waals surface area contributed by atoms with E-state index < -0.39 is 5.82 Å². The van der Waals surface area contributed by atoms with Crippen LogP contribution in [0.1, 0.15) is 10.4 Å². The fourth-order valence-electron chi connectivity index (χ4n) is 2.00. The molecule has 0 unspecified atom stereocenters. The number of halogens is 2. The number of ether oxygens (including phenoxy) is 1. The van der Waals surface area contributed by atoms with E-state index in [1.54, 1.807) is 6.07 Å². The van der Waals surface area contributed by atoms with Gasteiger partial charge in [0.15, 0.2) is 6.61 Å². The maximum atomic E-state index is 13.2. The second-order valence-electron chi connectivity index (χ2n) is 4.43. The smallest absolute Gasteiger partial charge is 0.204 e. The number of carbonyl (C=O) groups excluding carboxylic acids is 1. The predicted octanol–water partition coefficient (Wildman–Crippen LogP) is 4.60. The molecule has 0 N–H and O–H groups in total. The van der Waals surface area contributed by atoms with E-state index in [9.17, 15) is 9.18 Å². The molecule has 0 radical (unpaired) electrons. The van der Waals surface area contributed by atoms with E-state index in [1.807, 2.05) is 18.2 Å². The van der Waals surface area contributed by atoms with Gasteiger partial charge in [0.2, 0.25) is 5.78 Å². The van der Waals surface area contributed by atoms with Gasteiger partial charge in [-0.3, -0.25) is 4.79 Å². The zero-order chi connectivity index (χ0) is 14.8. The van der Waals surface area contributed by atoms with E-state index in [0.29, 0.717) is 15.6 Å². The third-order valence-electron chi connectivity index (χ3n) is 3.03. The van der Waals surface area contributed by atoms with E-state index in [2.05, 4.69) is 15.9 Å². The predicted molar refractivity (Wildman–Crippen MR) is 80.1 cm³/mol. The minimum absolute atomic E-state index is 0.189. The van der Waals surface area contributed by atoms with Gasteiger partial charge in [-0.25, -0.2) is 4.39 Å². The Balaban J connectivity index is 1.79. The van der Waals surface area contributed by atoms with Crippen molar-refractivity contribution < 1.29 is 18.3 Å². The fraction of sp³-hybridized carbons (Fsp3) is 0.0625. The third kappa shape index (κ3) is 2.83. The van der Waals surface area contributed by atoms with Crippen LogP contribution in [-0.4, -0.2) is 12.4 Å². The highest BCUT2D eigenvalue weighted by molar-refractivity contribution is 9.10. The Morgan fingerprint density at radius 3 is 2.90 bits per heavy atom. The van der Waals surface area contributed by atoms with Crippen LogP contribution in [0, 0.1) is 5.82 Å². The molecule has 3 aromatic rings. The first kappa shape index (κ1) is 13.8. The summed E-state index contributed by atoms with van der Waals surface area (Å²) in [6, 6.07) is 11.3. The summed E-state index contributed by atoms with van der Waals surface area (Å²) in [4.78, 5) is 12.2. The highest BCUT2D eigenvalue weighted by Crippen LogP contribution is 2.26. The molecule has 0 saturated heterocycles. The quantitative estimate of drug-likeness (QED) is 0.647. The number of para-hydroxylation sites is 1. The maximum absolute atomic E-state index is 13.2. The largest absolute Gasteiger partial charge is 0.484 e. The van der Waals surface area contributed by atoms with E-state index >= 15 is 0 Å². The third-order valence-corrected chi connectivity index (χ3v) is 3.69. The summed E-state index contributed by atoms with van der Waals surface area (Å²) in [6.45, 7) is -0.189. The Kier molecular flexibility index (Phi) is 3.75. The lowest BCUT2D eigenvalue weighted by Gasteiger charge is -2.07. The van der Waals surface area contributed by atoms with Crippen molar-refractivity contribution >= 4 is 32.7 Å². The molecule has 0 amide bonds. The summed E-state index contributed by atoms with van der Waals surface area (Å²) in [7, 11) is 0. The summed E-state index contributed by atoms with van der Waals surface area (Å²) in [5.74, 6) is -0.360. The first-order chi connectivity index (χ1) is 10.1. The number of ketones is 1. The first-order valence-electron chi connectivity index (χ1n) is 6.22. The minimum Gasteiger partial charge on any atom is -0.484 e. The Morgan fingerprint density at radius 2 is 2.05 bits per heavy atom. The van der Waals surface area contributed by atoms with Crippen LogP contribution in [0.15, 0.2) is 57.6 Å². The van der Waals surface area contributed by atoms with Gasteiger partial charge in [-0.2, -0.15) is 0 Å². The average molecular weight is 349 g/mol. The molecule has 0 aliphatic rings. The van der Waals surface area contributed by atoms with Gasteiger partial charge in [-0.05, 0) is 34.1 Å². The van der Waals surface area contributed by atoms with E-state index in [0.717, 1.165) is 5.39 Å². The zero-order valence-electron chi connectivity index (χ0n) is 10.8. The number of benzene rings is 2. The van der Waals surface area contributed by atoms with Gasteiger partial charge in [0.25, 0.3) is 0 Å². The van der Waals surface area contributed by atoms with Crippen molar-refractivity contribution in [2.24, 2.45) is 0 Å². The van der Waals surface area contributed by atoms with E-state index in [4.69, 9.17) is 9.15 Å². The van der Waals surface area contributed by atoms with Gasteiger partial charge < -0.3 is 9.15 Å². The second kappa shape index (κ2) is 5.69. The summed E-state index contributed by atoms with van der Waals surface area (Å²) in [6.07, 6.45) is 1.41. The number of Topliss-reactive ketones (excluding diaryl/α,β-unsaturated/α-hetero) is 1. The Bertz CT molecular complexity index is 810. The van der Waals surface area contributed by atoms with Crippen LogP contribution in [0.3, 0.4) is 0 Å². The molecule has 1 aromatic heterocycles. The highest BCUT2D eigenvalue weighted by Gasteiger charge is 2.14. The normalized spacial score (nSPS) is 10.8. The number of hydrogen-bond acceptors (Lipinski definition) is 3. The van der Waals surface area contributed by atoms with Gasteiger partial charge in [-0.1, -0.05) is 18.2 Å². The molecule has 5 heteroatoms. The van der Waals surface area contributed by atoms with Gasteiger partial charge in [0.1, 0.15) is 23.4 Å². The summed E-state index contributed by atoms with van der Waals surface area (Å²) in [5, 5.41) is 0.740. The lowest BCUT2D eigenvalue weighted by molar-refractivity contribution is 0.0921. The molecular weight excluding hydrogens is 339 g/mol. The van der Waals surface area contributed by atoms with Crippen LogP contribution in [0.2, 0.25) is 0 Å². The van der Waals surface area contributed by atoms with Gasteiger partial charge in [0, 0.05) is 11.5 Å². The SMILES string of the molecule is O=C(COc1cc(F)ccc1Br)c1coc2ccccc12. The lowest BCUT2D eigenvalue weighted by atomic mass is 10.1. The van der Waals surface area contributed by atoms with Crippen molar-refractivity contribution in [3.05, 3.63) is 64.6 Å². The van der Waals surface area contributed by atoms with Crippen molar-refractivity contribution in [3.63, 3.8) is 0 Å². The van der Waals surface area contributed by atoms with E-state index in [-0.39, 0.29) is 18.1 Å². The van der Waals surface area contributed by atoms with Gasteiger partial charge in [0.05, 0.1) is 10.0 Å². The van der Waals surface area contributed by atoms with Crippen molar-refractivity contribution in [2.75, 3.05) is 6.61 Å². The van der Waals surface area contributed by atoms with Crippen LogP contribution >= 0.6 is 15.9 Å². The van der Waals surface area contributed by atoms with Crippen molar-refractivity contribution in [1.82, 2.24) is 0 Å². The van der Waals surface area contributed by atoms with Crippen LogP contribution in [0.5, 0.6) is 5.75 Å². The Hall–Kier alpha value is -2.14. The molecule has 0 saturated carbocycles. The van der Waals surface area contributed by atoms with Crippen LogP contribution < -0.4 is 4.74 Å². The summed E-state index contributed by atoms with van der Waals surface area (Å²) >= 11 is 3.25. The van der Waals surface area contributed by atoms with Gasteiger partial charge in [-0.15, -0.1) is 0 Å². The molecule has 2 aromatic carbocycles. The van der Waals surface area contributed by atoms with Crippen molar-refractivity contribution in [2.45, 2.75) is 0 Å². The molecule has 0 aliphatic carbocycles. The fourth-order valence-corrected chi connectivity index (χ4v) is 2.36. The average Bonchev–Trinajstić information content (AvgIpc) is 2.92. The number of furan rings is 1. The monoisotopic (exact) mass is 348 g/mol. The summed E-state index contributed by atoms with van der Waals surface area (Å²) < 4.78 is 24.4. The maximum Gasteiger partial charge on any atom is 0.204 e. The molecule has 3 nitrogen and oxygen atoms in total. The molecule has 21 heavy (non-hydrogen) atoms. The molecule has 106 valence electrons. The molecular formula is C16H10BrFO3. The summed E-state index contributed by atoms with van der Waals surface area (Å²) in [5.41, 5.74) is 1.10. The number of fused-ring (bicyclic) bond motifs is 1. The molecule has 0 fully saturated rings. The molecule has 0 spiro atoms. The number of hydrogen-bond donors (Lipinski definition) is 0. The second-order valence-corrected chi connectivity index (χ2v) is 5.29. The van der Waals surface area contributed by atoms with E-state index in [1.165, 1.54) is 24.5 Å². The van der Waals surface area contributed by atoms with Crippen molar-refractivity contribution in [1.29, 1.82) is 0 Å². The van der Waals surface area contributed by atoms with Crippen LogP contribution in [-0.2, 0) is 0 Å². The van der Waals surface area contributed by atoms with Crippen LogP contribution in [0.25, 0.3) is 11.0 Å². The molecule has 0 atom stereocenters. The topological polar surface area (TPSA) is 39.4 Å². The minimum atomic E-state index is -0.422. The number of rotatable bonds is 4. The van der Waals surface area contributed by atoms with Crippen LogP contribution in [0.4, 0.5) is 4.39 Å².